The molecule has 1 aliphatic heterocycles. The number of Topliss-reactive ketones (excluding diaryl/α,β-unsaturated/α-hetero) is 1. The zero-order chi connectivity index (χ0) is 22.5. The van der Waals surface area contributed by atoms with Gasteiger partial charge in [0, 0.05) is 18.7 Å². The highest BCUT2D eigenvalue weighted by molar-refractivity contribution is 6.46. The van der Waals surface area contributed by atoms with Crippen LogP contribution < -0.4 is 9.47 Å². The number of carbonyl (C=O) groups is 2. The number of benzene rings is 2. The highest BCUT2D eigenvalue weighted by atomic mass is 16.5. The summed E-state index contributed by atoms with van der Waals surface area (Å²) in [6, 6.07) is 13.3. The minimum atomic E-state index is -0.706. The van der Waals surface area contributed by atoms with Gasteiger partial charge >= 0.3 is 0 Å². The summed E-state index contributed by atoms with van der Waals surface area (Å²) >= 11 is 0. The van der Waals surface area contributed by atoms with E-state index in [1.165, 1.54) is 4.90 Å². The van der Waals surface area contributed by atoms with Gasteiger partial charge in [0.05, 0.1) is 25.3 Å². The van der Waals surface area contributed by atoms with Crippen LogP contribution in [0.1, 0.15) is 24.1 Å². The number of nitrogens with zero attached hydrogens (tertiary/aromatic N) is 2. The quantitative estimate of drug-likeness (QED) is 0.399. The van der Waals surface area contributed by atoms with Crippen LogP contribution in [0.2, 0.25) is 0 Å². The fourth-order valence-electron chi connectivity index (χ4n) is 3.61. The SMILES string of the molecule is CCOc1cccc(C2/C(=C(\O)c3ccc(OC)cc3)C(=O)C(=O)N2CCN(C)C)c1. The average molecular weight is 424 g/mol. The molecule has 1 fully saturated rings. The van der Waals surface area contributed by atoms with Crippen molar-refractivity contribution in [2.45, 2.75) is 13.0 Å². The molecule has 1 amide bonds. The maximum absolute atomic E-state index is 13.0. The number of aliphatic hydroxyl groups is 1. The second kappa shape index (κ2) is 9.66. The second-order valence-corrected chi connectivity index (χ2v) is 7.53. The minimum absolute atomic E-state index is 0.0718. The van der Waals surface area contributed by atoms with Crippen LogP contribution in [0.3, 0.4) is 0 Å². The minimum Gasteiger partial charge on any atom is -0.507 e. The number of carbonyl (C=O) groups excluding carboxylic acids is 2. The molecule has 2 aromatic rings. The molecule has 31 heavy (non-hydrogen) atoms. The number of likely N-dealkylation sites (N-methyl/N-ethyl adjacent to an activating group) is 1. The lowest BCUT2D eigenvalue weighted by molar-refractivity contribution is -0.140. The molecular weight excluding hydrogens is 396 g/mol. The summed E-state index contributed by atoms with van der Waals surface area (Å²) in [5, 5.41) is 11.1. The van der Waals surface area contributed by atoms with Gasteiger partial charge in [0.2, 0.25) is 0 Å². The summed E-state index contributed by atoms with van der Waals surface area (Å²) in [5.41, 5.74) is 1.22. The Morgan fingerprint density at radius 2 is 1.81 bits per heavy atom. The van der Waals surface area contributed by atoms with E-state index in [4.69, 9.17) is 9.47 Å². The molecule has 1 aliphatic rings. The van der Waals surface area contributed by atoms with Crippen molar-refractivity contribution in [3.8, 4) is 11.5 Å². The number of methoxy groups -OCH3 is 1. The number of hydrogen-bond donors (Lipinski definition) is 1. The van der Waals surface area contributed by atoms with Crippen molar-refractivity contribution in [3.05, 3.63) is 65.2 Å². The van der Waals surface area contributed by atoms with E-state index < -0.39 is 17.7 Å². The van der Waals surface area contributed by atoms with E-state index in [1.807, 2.05) is 50.2 Å². The van der Waals surface area contributed by atoms with Crippen LogP contribution in [-0.4, -0.2) is 67.5 Å². The molecule has 2 aromatic carbocycles. The molecule has 1 saturated heterocycles. The van der Waals surface area contributed by atoms with Gasteiger partial charge in [0.15, 0.2) is 0 Å². The van der Waals surface area contributed by atoms with Crippen LogP contribution in [0.4, 0.5) is 0 Å². The molecule has 0 spiro atoms. The van der Waals surface area contributed by atoms with Crippen molar-refractivity contribution in [2.75, 3.05) is 40.9 Å². The highest BCUT2D eigenvalue weighted by Gasteiger charge is 2.46. The van der Waals surface area contributed by atoms with Gasteiger partial charge in [-0.1, -0.05) is 12.1 Å². The number of hydrogen-bond acceptors (Lipinski definition) is 6. The van der Waals surface area contributed by atoms with E-state index in [9.17, 15) is 14.7 Å². The van der Waals surface area contributed by atoms with Gasteiger partial charge in [-0.25, -0.2) is 0 Å². The van der Waals surface area contributed by atoms with Crippen molar-refractivity contribution in [3.63, 3.8) is 0 Å². The summed E-state index contributed by atoms with van der Waals surface area (Å²) in [6.07, 6.45) is 0. The summed E-state index contributed by atoms with van der Waals surface area (Å²) in [7, 11) is 5.35. The monoisotopic (exact) mass is 424 g/mol. The molecule has 0 radical (unpaired) electrons. The van der Waals surface area contributed by atoms with Crippen LogP contribution in [0, 0.1) is 0 Å². The Morgan fingerprint density at radius 3 is 2.42 bits per heavy atom. The van der Waals surface area contributed by atoms with Gasteiger partial charge in [0.25, 0.3) is 11.7 Å². The largest absolute Gasteiger partial charge is 0.507 e. The lowest BCUT2D eigenvalue weighted by Gasteiger charge is -2.26. The van der Waals surface area contributed by atoms with Crippen LogP contribution in [-0.2, 0) is 9.59 Å². The topological polar surface area (TPSA) is 79.3 Å². The summed E-state index contributed by atoms with van der Waals surface area (Å²) in [6.45, 7) is 3.31. The first-order valence-electron chi connectivity index (χ1n) is 10.2. The molecule has 1 heterocycles. The normalized spacial score (nSPS) is 18.0. The lowest BCUT2D eigenvalue weighted by Crippen LogP contribution is -2.35. The van der Waals surface area contributed by atoms with Crippen LogP contribution >= 0.6 is 0 Å². The van der Waals surface area contributed by atoms with Gasteiger partial charge < -0.3 is 24.4 Å². The average Bonchev–Trinajstić information content (AvgIpc) is 3.02. The lowest BCUT2D eigenvalue weighted by atomic mass is 9.95. The number of ketones is 1. The number of ether oxygens (including phenoxy) is 2. The van der Waals surface area contributed by atoms with Gasteiger partial charge in [-0.3, -0.25) is 9.59 Å². The van der Waals surface area contributed by atoms with Crippen molar-refractivity contribution in [2.24, 2.45) is 0 Å². The summed E-state index contributed by atoms with van der Waals surface area (Å²) in [4.78, 5) is 29.4. The zero-order valence-corrected chi connectivity index (χ0v) is 18.3. The number of rotatable bonds is 8. The highest BCUT2D eigenvalue weighted by Crippen LogP contribution is 2.40. The fraction of sp³-hybridized carbons (Fsp3) is 0.333. The van der Waals surface area contributed by atoms with Crippen molar-refractivity contribution >= 4 is 17.4 Å². The van der Waals surface area contributed by atoms with Crippen molar-refractivity contribution < 1.29 is 24.2 Å². The number of amides is 1. The second-order valence-electron chi connectivity index (χ2n) is 7.53. The fourth-order valence-corrected chi connectivity index (χ4v) is 3.61. The van der Waals surface area contributed by atoms with E-state index in [-0.39, 0.29) is 11.3 Å². The molecule has 0 bridgehead atoms. The van der Waals surface area contributed by atoms with Crippen LogP contribution in [0.15, 0.2) is 54.1 Å². The predicted octanol–water partition coefficient (Wildman–Crippen LogP) is 3.08. The molecule has 0 saturated carbocycles. The van der Waals surface area contributed by atoms with Gasteiger partial charge in [-0.15, -0.1) is 0 Å². The Kier molecular flexibility index (Phi) is 6.97. The molecule has 3 rings (SSSR count). The molecule has 0 aliphatic carbocycles. The Labute approximate surface area is 182 Å². The third-order valence-corrected chi connectivity index (χ3v) is 5.18. The number of aliphatic hydroxyl groups excluding tert-OH is 1. The third kappa shape index (κ3) is 4.72. The first-order valence-corrected chi connectivity index (χ1v) is 10.2. The first kappa shape index (κ1) is 22.4. The number of likely N-dealkylation sites (tertiary alicyclic amines) is 1. The van der Waals surface area contributed by atoms with Crippen molar-refractivity contribution in [1.82, 2.24) is 9.80 Å². The molecule has 1 N–H and O–H groups in total. The third-order valence-electron chi connectivity index (χ3n) is 5.18. The van der Waals surface area contributed by atoms with Crippen molar-refractivity contribution in [1.29, 1.82) is 0 Å². The van der Waals surface area contributed by atoms with E-state index in [0.29, 0.717) is 42.3 Å². The molecule has 7 heteroatoms. The standard InChI is InChI=1S/C24H28N2O5/c1-5-31-19-8-6-7-17(15-19)21-20(22(27)16-9-11-18(30-4)12-10-16)23(28)24(29)26(21)14-13-25(2)3/h6-12,15,21,27H,5,13-14H2,1-4H3/b22-20+. The summed E-state index contributed by atoms with van der Waals surface area (Å²) in [5.74, 6) is -0.255. The Balaban J connectivity index is 2.12. The summed E-state index contributed by atoms with van der Waals surface area (Å²) < 4.78 is 10.8. The molecule has 164 valence electrons. The zero-order valence-electron chi connectivity index (χ0n) is 18.3. The maximum Gasteiger partial charge on any atom is 0.295 e. The predicted molar refractivity (Wildman–Crippen MR) is 118 cm³/mol. The van der Waals surface area contributed by atoms with E-state index in [2.05, 4.69) is 0 Å². The molecular formula is C24H28N2O5. The van der Waals surface area contributed by atoms with E-state index in [0.717, 1.165) is 0 Å². The van der Waals surface area contributed by atoms with Gasteiger partial charge in [-0.05, 0) is 63.0 Å². The molecule has 0 aromatic heterocycles. The van der Waals surface area contributed by atoms with Crippen LogP contribution in [0.5, 0.6) is 11.5 Å². The first-order chi connectivity index (χ1) is 14.9. The van der Waals surface area contributed by atoms with Gasteiger partial charge in [0.1, 0.15) is 17.3 Å². The smallest absolute Gasteiger partial charge is 0.295 e. The van der Waals surface area contributed by atoms with E-state index in [1.54, 1.807) is 31.4 Å². The van der Waals surface area contributed by atoms with Crippen LogP contribution in [0.25, 0.3) is 5.76 Å². The molecule has 1 unspecified atom stereocenters. The Morgan fingerprint density at radius 1 is 1.10 bits per heavy atom. The Bertz CT molecular complexity index is 982. The Hall–Kier alpha value is -3.32. The molecule has 1 atom stereocenters. The van der Waals surface area contributed by atoms with E-state index >= 15 is 0 Å². The molecule has 7 nitrogen and oxygen atoms in total. The maximum atomic E-state index is 13.0. The van der Waals surface area contributed by atoms with Gasteiger partial charge in [-0.2, -0.15) is 0 Å².